The molecule has 0 aromatic rings. The van der Waals surface area contributed by atoms with Gasteiger partial charge in [0.25, 0.3) is 0 Å². The van der Waals surface area contributed by atoms with Crippen molar-refractivity contribution in [2.24, 2.45) is 5.92 Å². The summed E-state index contributed by atoms with van der Waals surface area (Å²) in [5.74, 6) is 0.422. The first-order chi connectivity index (χ1) is 3.81. The van der Waals surface area contributed by atoms with Crippen LogP contribution in [0.4, 0.5) is 0 Å². The largest absolute Gasteiger partial charge is 0.396 e. The Morgan fingerprint density at radius 3 is 2.62 bits per heavy atom. The van der Waals surface area contributed by atoms with E-state index in [1.165, 1.54) is 0 Å². The van der Waals surface area contributed by atoms with Gasteiger partial charge in [-0.2, -0.15) is 0 Å². The standard InChI is InChI=1S/C7H14O/c1-3-4-5-7(2)6-8/h3-4,7-8H,5-6H2,1-2H3. The van der Waals surface area contributed by atoms with Crippen molar-refractivity contribution in [2.45, 2.75) is 20.3 Å². The molecule has 0 aliphatic rings. The quantitative estimate of drug-likeness (QED) is 0.552. The van der Waals surface area contributed by atoms with Crippen molar-refractivity contribution in [2.75, 3.05) is 6.61 Å². The van der Waals surface area contributed by atoms with Crippen LogP contribution < -0.4 is 0 Å². The lowest BCUT2D eigenvalue weighted by atomic mass is 10.1. The molecule has 48 valence electrons. The van der Waals surface area contributed by atoms with Gasteiger partial charge in [-0.25, -0.2) is 0 Å². The Hall–Kier alpha value is -0.300. The van der Waals surface area contributed by atoms with E-state index in [0.717, 1.165) is 6.42 Å². The van der Waals surface area contributed by atoms with Gasteiger partial charge in [0.15, 0.2) is 0 Å². The van der Waals surface area contributed by atoms with Crippen molar-refractivity contribution >= 4 is 0 Å². The molecule has 0 saturated heterocycles. The molecular weight excluding hydrogens is 100 g/mol. The van der Waals surface area contributed by atoms with Crippen LogP contribution in [-0.4, -0.2) is 11.7 Å². The minimum absolute atomic E-state index is 0.296. The molecule has 0 amide bonds. The van der Waals surface area contributed by atoms with Crippen molar-refractivity contribution in [1.82, 2.24) is 0 Å². The fraction of sp³-hybridized carbons (Fsp3) is 0.714. The molecule has 0 saturated carbocycles. The third-order valence-corrected chi connectivity index (χ3v) is 1.09. The van der Waals surface area contributed by atoms with Crippen LogP contribution in [0.5, 0.6) is 0 Å². The molecule has 0 aliphatic carbocycles. The average molecular weight is 114 g/mol. The second kappa shape index (κ2) is 4.85. The minimum atomic E-state index is 0.296. The summed E-state index contributed by atoms with van der Waals surface area (Å²) in [4.78, 5) is 0. The topological polar surface area (TPSA) is 20.2 Å². The minimum Gasteiger partial charge on any atom is -0.396 e. The van der Waals surface area contributed by atoms with Crippen molar-refractivity contribution in [3.63, 3.8) is 0 Å². The predicted molar refractivity (Wildman–Crippen MR) is 35.7 cm³/mol. The molecule has 0 heterocycles. The van der Waals surface area contributed by atoms with Gasteiger partial charge >= 0.3 is 0 Å². The molecule has 0 fully saturated rings. The monoisotopic (exact) mass is 114 g/mol. The first kappa shape index (κ1) is 7.70. The van der Waals surface area contributed by atoms with Crippen LogP contribution in [0.1, 0.15) is 20.3 Å². The summed E-state index contributed by atoms with van der Waals surface area (Å²) in [7, 11) is 0. The summed E-state index contributed by atoms with van der Waals surface area (Å²) in [6.45, 7) is 4.31. The number of aliphatic hydroxyl groups excluding tert-OH is 1. The molecule has 0 aliphatic heterocycles. The number of hydrogen-bond donors (Lipinski definition) is 1. The van der Waals surface area contributed by atoms with Crippen LogP contribution in [0.3, 0.4) is 0 Å². The normalized spacial score (nSPS) is 14.9. The molecule has 0 rings (SSSR count). The molecule has 0 spiro atoms. The van der Waals surface area contributed by atoms with E-state index in [0.29, 0.717) is 12.5 Å². The van der Waals surface area contributed by atoms with E-state index in [2.05, 4.69) is 6.08 Å². The molecule has 1 heteroatoms. The van der Waals surface area contributed by atoms with E-state index in [-0.39, 0.29) is 0 Å². The highest BCUT2D eigenvalue weighted by Gasteiger charge is 1.92. The van der Waals surface area contributed by atoms with Crippen LogP contribution >= 0.6 is 0 Å². The number of rotatable bonds is 3. The van der Waals surface area contributed by atoms with Gasteiger partial charge in [0.1, 0.15) is 0 Å². The lowest BCUT2D eigenvalue weighted by molar-refractivity contribution is 0.239. The number of allylic oxidation sites excluding steroid dienone is 2. The summed E-state index contributed by atoms with van der Waals surface area (Å²) in [5.41, 5.74) is 0. The third-order valence-electron chi connectivity index (χ3n) is 1.09. The summed E-state index contributed by atoms with van der Waals surface area (Å²) in [6.07, 6.45) is 5.07. The Labute approximate surface area is 51.0 Å². The molecule has 1 atom stereocenters. The van der Waals surface area contributed by atoms with Gasteiger partial charge in [-0.3, -0.25) is 0 Å². The van der Waals surface area contributed by atoms with Crippen molar-refractivity contribution in [1.29, 1.82) is 0 Å². The fourth-order valence-electron chi connectivity index (χ4n) is 0.443. The van der Waals surface area contributed by atoms with Gasteiger partial charge in [-0.15, -0.1) is 0 Å². The maximum Gasteiger partial charge on any atom is 0.0459 e. The van der Waals surface area contributed by atoms with Gasteiger partial charge < -0.3 is 5.11 Å². The zero-order valence-electron chi connectivity index (χ0n) is 5.59. The van der Waals surface area contributed by atoms with Gasteiger partial charge in [0, 0.05) is 6.61 Å². The molecule has 1 N–H and O–H groups in total. The van der Waals surface area contributed by atoms with E-state index >= 15 is 0 Å². The van der Waals surface area contributed by atoms with Crippen LogP contribution in [0.25, 0.3) is 0 Å². The molecule has 0 bridgehead atoms. The highest BCUT2D eigenvalue weighted by Crippen LogP contribution is 1.99. The first-order valence-electron chi connectivity index (χ1n) is 3.03. The highest BCUT2D eigenvalue weighted by atomic mass is 16.3. The Bertz CT molecular complexity index is 66.8. The Morgan fingerprint density at radius 2 is 2.25 bits per heavy atom. The van der Waals surface area contributed by atoms with E-state index in [1.54, 1.807) is 0 Å². The van der Waals surface area contributed by atoms with E-state index in [9.17, 15) is 0 Å². The summed E-state index contributed by atoms with van der Waals surface area (Å²) in [5, 5.41) is 8.53. The van der Waals surface area contributed by atoms with E-state index in [1.807, 2.05) is 19.9 Å². The fourth-order valence-corrected chi connectivity index (χ4v) is 0.443. The zero-order valence-corrected chi connectivity index (χ0v) is 5.59. The molecule has 1 unspecified atom stereocenters. The third kappa shape index (κ3) is 3.88. The number of aliphatic hydroxyl groups is 1. The Balaban J connectivity index is 3.10. The Morgan fingerprint density at radius 1 is 1.62 bits per heavy atom. The van der Waals surface area contributed by atoms with Gasteiger partial charge in [-0.1, -0.05) is 19.1 Å². The maximum absolute atomic E-state index is 8.53. The molecule has 0 aromatic heterocycles. The van der Waals surface area contributed by atoms with Crippen LogP contribution in [-0.2, 0) is 0 Å². The van der Waals surface area contributed by atoms with Crippen molar-refractivity contribution in [3.05, 3.63) is 12.2 Å². The molecule has 8 heavy (non-hydrogen) atoms. The second-order valence-electron chi connectivity index (χ2n) is 2.09. The van der Waals surface area contributed by atoms with Crippen LogP contribution in [0.2, 0.25) is 0 Å². The van der Waals surface area contributed by atoms with Crippen LogP contribution in [0, 0.1) is 5.92 Å². The SMILES string of the molecule is CC=CCC(C)CO. The lowest BCUT2D eigenvalue weighted by Gasteiger charge is -2.00. The Kier molecular flexibility index (Phi) is 4.67. The smallest absolute Gasteiger partial charge is 0.0459 e. The van der Waals surface area contributed by atoms with E-state index in [4.69, 9.17) is 5.11 Å². The van der Waals surface area contributed by atoms with Crippen molar-refractivity contribution < 1.29 is 5.11 Å². The highest BCUT2D eigenvalue weighted by molar-refractivity contribution is 4.78. The summed E-state index contributed by atoms with van der Waals surface area (Å²) in [6, 6.07) is 0. The van der Waals surface area contributed by atoms with Gasteiger partial charge in [0.2, 0.25) is 0 Å². The molecule has 0 radical (unpaired) electrons. The van der Waals surface area contributed by atoms with Gasteiger partial charge in [-0.05, 0) is 19.3 Å². The molecule has 1 nitrogen and oxygen atoms in total. The van der Waals surface area contributed by atoms with Crippen LogP contribution in [0.15, 0.2) is 12.2 Å². The molecular formula is C7H14O. The average Bonchev–Trinajstić information content (AvgIpc) is 1.83. The maximum atomic E-state index is 8.53. The first-order valence-corrected chi connectivity index (χ1v) is 3.03. The molecule has 0 aromatic carbocycles. The number of hydrogen-bond acceptors (Lipinski definition) is 1. The van der Waals surface area contributed by atoms with E-state index < -0.39 is 0 Å². The predicted octanol–water partition coefficient (Wildman–Crippen LogP) is 1.58. The van der Waals surface area contributed by atoms with Gasteiger partial charge in [0.05, 0.1) is 0 Å². The second-order valence-corrected chi connectivity index (χ2v) is 2.09. The zero-order chi connectivity index (χ0) is 6.41. The summed E-state index contributed by atoms with van der Waals surface area (Å²) < 4.78 is 0. The lowest BCUT2D eigenvalue weighted by Crippen LogP contribution is -1.97. The van der Waals surface area contributed by atoms with Crippen molar-refractivity contribution in [3.8, 4) is 0 Å². The summed E-state index contributed by atoms with van der Waals surface area (Å²) >= 11 is 0.